The van der Waals surface area contributed by atoms with Crippen molar-refractivity contribution in [3.05, 3.63) is 59.7 Å². The molecule has 0 spiro atoms. The van der Waals surface area contributed by atoms with Crippen molar-refractivity contribution in [3.63, 3.8) is 0 Å². The highest BCUT2D eigenvalue weighted by molar-refractivity contribution is 5.78. The lowest BCUT2D eigenvalue weighted by atomic mass is 9.98. The minimum absolute atomic E-state index is 0.233. The fraction of sp³-hybridized carbons (Fsp3) is 0.538. The Hall–Kier alpha value is -2.54. The molecule has 2 aromatic heterocycles. The fourth-order valence-electron chi connectivity index (χ4n) is 5.45. The zero-order valence-corrected chi connectivity index (χ0v) is 20.5. The molecular formula is C26H29F2N3O6. The summed E-state index contributed by atoms with van der Waals surface area (Å²) in [5.74, 6) is -2.83. The maximum absolute atomic E-state index is 14.3. The van der Waals surface area contributed by atoms with Gasteiger partial charge in [-0.15, -0.1) is 0 Å². The Balaban J connectivity index is 1.40. The van der Waals surface area contributed by atoms with Gasteiger partial charge in [0.25, 0.3) is 0 Å². The summed E-state index contributed by atoms with van der Waals surface area (Å²) in [5, 5.41) is 10.4. The molecule has 9 nitrogen and oxygen atoms in total. The normalized spacial score (nSPS) is 30.0. The first-order valence-electron chi connectivity index (χ1n) is 12.5. The van der Waals surface area contributed by atoms with Gasteiger partial charge in [-0.3, -0.25) is 0 Å². The molecule has 0 bridgehead atoms. The summed E-state index contributed by atoms with van der Waals surface area (Å²) in [6.07, 6.45) is 1.86. The molecular weight excluding hydrogens is 488 g/mol. The zero-order valence-electron chi connectivity index (χ0n) is 20.5. The van der Waals surface area contributed by atoms with Crippen molar-refractivity contribution >= 4 is 11.0 Å². The third kappa shape index (κ3) is 4.53. The number of aromatic nitrogens is 3. The molecule has 3 aliphatic rings. The van der Waals surface area contributed by atoms with Crippen molar-refractivity contribution in [3.8, 4) is 0 Å². The van der Waals surface area contributed by atoms with Gasteiger partial charge in [0.15, 0.2) is 29.9 Å². The molecule has 37 heavy (non-hydrogen) atoms. The lowest BCUT2D eigenvalue weighted by Gasteiger charge is -2.33. The molecule has 1 aromatic carbocycles. The topological polar surface area (TPSA) is 97.1 Å². The lowest BCUT2D eigenvalue weighted by Crippen LogP contribution is -2.38. The summed E-state index contributed by atoms with van der Waals surface area (Å²) in [4.78, 5) is 8.56. The Labute approximate surface area is 212 Å². The van der Waals surface area contributed by atoms with E-state index in [0.29, 0.717) is 35.3 Å². The molecule has 0 aliphatic carbocycles. The number of aliphatic hydroxyl groups excluding tert-OH is 1. The average molecular weight is 518 g/mol. The van der Waals surface area contributed by atoms with Crippen LogP contribution in [0.3, 0.4) is 0 Å². The van der Waals surface area contributed by atoms with Crippen LogP contribution in [0.4, 0.5) is 8.78 Å². The maximum atomic E-state index is 14.3. The first-order chi connectivity index (χ1) is 17.8. The molecule has 5 heterocycles. The van der Waals surface area contributed by atoms with Crippen molar-refractivity contribution in [1.29, 1.82) is 0 Å². The van der Waals surface area contributed by atoms with Gasteiger partial charge in [-0.05, 0) is 56.9 Å². The molecule has 0 radical (unpaired) electrons. The SMILES string of the molecule is CC1(C)O[C@H]2[C@@H](O1)[C@H](n1ccc3c(CO)ncnc31)O[C@@H]2[C@H](OC1CCCCO1)c1ccc(F)c(F)c1. The predicted octanol–water partition coefficient (Wildman–Crippen LogP) is 3.90. The van der Waals surface area contributed by atoms with Crippen LogP contribution in [0.5, 0.6) is 0 Å². The number of nitrogens with zero attached hydrogens (tertiary/aromatic N) is 3. The quantitative estimate of drug-likeness (QED) is 0.526. The van der Waals surface area contributed by atoms with Crippen molar-refractivity contribution in [2.45, 2.75) is 82.4 Å². The molecule has 3 aliphatic heterocycles. The minimum Gasteiger partial charge on any atom is -0.390 e. The van der Waals surface area contributed by atoms with E-state index in [1.807, 2.05) is 24.5 Å². The molecule has 6 atom stereocenters. The number of halogens is 2. The Kier molecular flexibility index (Phi) is 6.46. The molecule has 3 saturated heterocycles. The zero-order chi connectivity index (χ0) is 25.7. The van der Waals surface area contributed by atoms with E-state index in [1.54, 1.807) is 6.20 Å². The third-order valence-corrected chi connectivity index (χ3v) is 7.09. The van der Waals surface area contributed by atoms with Crippen LogP contribution in [-0.4, -0.2) is 56.6 Å². The van der Waals surface area contributed by atoms with Crippen LogP contribution in [0, 0.1) is 11.6 Å². The highest BCUT2D eigenvalue weighted by atomic mass is 19.2. The van der Waals surface area contributed by atoms with E-state index < -0.39 is 54.4 Å². The number of hydrogen-bond acceptors (Lipinski definition) is 8. The Morgan fingerprint density at radius 2 is 1.97 bits per heavy atom. The summed E-state index contributed by atoms with van der Waals surface area (Å²) < 4.78 is 61.3. The number of hydrogen-bond donors (Lipinski definition) is 1. The summed E-state index contributed by atoms with van der Waals surface area (Å²) in [6.45, 7) is 3.96. The second-order valence-corrected chi connectivity index (χ2v) is 10.0. The smallest absolute Gasteiger partial charge is 0.164 e. The number of benzene rings is 1. The van der Waals surface area contributed by atoms with Crippen LogP contribution in [0.15, 0.2) is 36.8 Å². The van der Waals surface area contributed by atoms with Gasteiger partial charge in [-0.1, -0.05) is 6.07 Å². The van der Waals surface area contributed by atoms with Crippen molar-refractivity contribution in [2.24, 2.45) is 0 Å². The summed E-state index contributed by atoms with van der Waals surface area (Å²) >= 11 is 0. The second kappa shape index (κ2) is 9.64. The van der Waals surface area contributed by atoms with Crippen LogP contribution < -0.4 is 0 Å². The molecule has 0 saturated carbocycles. The Bertz CT molecular complexity index is 1280. The highest BCUT2D eigenvalue weighted by Crippen LogP contribution is 2.48. The van der Waals surface area contributed by atoms with E-state index in [0.717, 1.165) is 25.0 Å². The monoisotopic (exact) mass is 517 g/mol. The summed E-state index contributed by atoms with van der Waals surface area (Å²) in [7, 11) is 0. The van der Waals surface area contributed by atoms with Crippen LogP contribution in [0.25, 0.3) is 11.0 Å². The highest BCUT2D eigenvalue weighted by Gasteiger charge is 2.58. The van der Waals surface area contributed by atoms with E-state index in [4.69, 9.17) is 23.7 Å². The Morgan fingerprint density at radius 3 is 2.73 bits per heavy atom. The molecule has 1 unspecified atom stereocenters. The van der Waals surface area contributed by atoms with Gasteiger partial charge in [-0.2, -0.15) is 0 Å². The van der Waals surface area contributed by atoms with Gasteiger partial charge in [0.1, 0.15) is 36.4 Å². The predicted molar refractivity (Wildman–Crippen MR) is 125 cm³/mol. The van der Waals surface area contributed by atoms with Gasteiger partial charge < -0.3 is 33.4 Å². The molecule has 198 valence electrons. The number of fused-ring (bicyclic) bond motifs is 2. The van der Waals surface area contributed by atoms with Gasteiger partial charge >= 0.3 is 0 Å². The van der Waals surface area contributed by atoms with Crippen molar-refractivity contribution in [2.75, 3.05) is 6.61 Å². The fourth-order valence-corrected chi connectivity index (χ4v) is 5.45. The van der Waals surface area contributed by atoms with Crippen LogP contribution in [-0.2, 0) is 30.3 Å². The van der Waals surface area contributed by atoms with Crippen LogP contribution >= 0.6 is 0 Å². The van der Waals surface area contributed by atoms with Gasteiger partial charge in [0, 0.05) is 18.2 Å². The van der Waals surface area contributed by atoms with Gasteiger partial charge in [-0.25, -0.2) is 18.7 Å². The molecule has 0 amide bonds. The van der Waals surface area contributed by atoms with E-state index in [1.165, 1.54) is 12.4 Å². The molecule has 6 rings (SSSR count). The number of rotatable bonds is 6. The molecule has 11 heteroatoms. The first kappa shape index (κ1) is 24.8. The van der Waals surface area contributed by atoms with Crippen LogP contribution in [0.2, 0.25) is 0 Å². The van der Waals surface area contributed by atoms with Gasteiger partial charge in [0.2, 0.25) is 0 Å². The summed E-state index contributed by atoms with van der Waals surface area (Å²) in [6, 6.07) is 5.51. The largest absolute Gasteiger partial charge is 0.390 e. The average Bonchev–Trinajstić information content (AvgIpc) is 3.55. The van der Waals surface area contributed by atoms with Crippen molar-refractivity contribution in [1.82, 2.24) is 14.5 Å². The minimum atomic E-state index is -0.977. The third-order valence-electron chi connectivity index (χ3n) is 7.09. The van der Waals surface area contributed by atoms with Crippen LogP contribution in [0.1, 0.15) is 56.7 Å². The van der Waals surface area contributed by atoms with E-state index >= 15 is 0 Å². The van der Waals surface area contributed by atoms with E-state index in [9.17, 15) is 13.9 Å². The van der Waals surface area contributed by atoms with E-state index in [2.05, 4.69) is 9.97 Å². The van der Waals surface area contributed by atoms with Crippen molar-refractivity contribution < 1.29 is 37.6 Å². The second-order valence-electron chi connectivity index (χ2n) is 10.0. The standard InChI is InChI=1S/C26H29F2N3O6/c1-26(2)36-22-21(20(34-19-5-3-4-10-33-19)14-6-7-16(27)17(28)11-14)35-25(23(22)37-26)31-9-8-15-18(12-32)29-13-30-24(15)31/h6-9,11,13,19-23,25,32H,3-5,10,12H2,1-2H3/t19?,20-,21-,22-,23-,25-/m1/s1. The first-order valence-corrected chi connectivity index (χ1v) is 12.5. The maximum Gasteiger partial charge on any atom is 0.164 e. The molecule has 3 fully saturated rings. The number of ether oxygens (including phenoxy) is 5. The molecule has 1 N–H and O–H groups in total. The Morgan fingerprint density at radius 1 is 1.14 bits per heavy atom. The lowest BCUT2D eigenvalue weighted by molar-refractivity contribution is -0.243. The number of aliphatic hydroxyl groups is 1. The molecule has 3 aromatic rings. The van der Waals surface area contributed by atoms with Gasteiger partial charge in [0.05, 0.1) is 12.3 Å². The summed E-state index contributed by atoms with van der Waals surface area (Å²) in [5.41, 5.74) is 1.47. The van der Waals surface area contributed by atoms with E-state index in [-0.39, 0.29) is 6.61 Å².